The van der Waals surface area contributed by atoms with Crippen molar-refractivity contribution in [1.82, 2.24) is 0 Å². The van der Waals surface area contributed by atoms with Crippen molar-refractivity contribution in [1.29, 1.82) is 0 Å². The molecule has 0 saturated carbocycles. The summed E-state index contributed by atoms with van der Waals surface area (Å²) in [7, 11) is 0. The standard InChI is InChI=1S/C13H16O4/c1-9-6-7-10(8-12(9)15)11(14)4-2-3-5-13(16)17/h6-8,15H,2-5H2,1H3,(H,16,17). The lowest BCUT2D eigenvalue weighted by Gasteiger charge is -2.03. The number of Topliss-reactive ketones (excluding diaryl/α,β-unsaturated/α-hetero) is 1. The Morgan fingerprint density at radius 2 is 1.82 bits per heavy atom. The number of hydrogen-bond donors (Lipinski definition) is 2. The number of phenols is 1. The Bertz CT molecular complexity index is 423. The van der Waals surface area contributed by atoms with E-state index in [0.29, 0.717) is 24.8 Å². The Balaban J connectivity index is 2.47. The maximum absolute atomic E-state index is 11.7. The van der Waals surface area contributed by atoms with Gasteiger partial charge in [-0.25, -0.2) is 0 Å². The van der Waals surface area contributed by atoms with E-state index in [1.807, 2.05) is 0 Å². The molecule has 4 nitrogen and oxygen atoms in total. The second-order valence-electron chi connectivity index (χ2n) is 4.03. The first kappa shape index (κ1) is 13.2. The molecule has 1 aromatic carbocycles. The summed E-state index contributed by atoms with van der Waals surface area (Å²) in [5.41, 5.74) is 1.20. The minimum absolute atomic E-state index is 0.0642. The highest BCUT2D eigenvalue weighted by Gasteiger charge is 2.08. The van der Waals surface area contributed by atoms with Gasteiger partial charge in [-0.2, -0.15) is 0 Å². The Labute approximate surface area is 99.9 Å². The van der Waals surface area contributed by atoms with Crippen LogP contribution in [0.5, 0.6) is 5.75 Å². The number of ketones is 1. The van der Waals surface area contributed by atoms with E-state index >= 15 is 0 Å². The molecule has 0 aliphatic carbocycles. The van der Waals surface area contributed by atoms with E-state index in [-0.39, 0.29) is 18.0 Å². The summed E-state index contributed by atoms with van der Waals surface area (Å²) in [4.78, 5) is 22.0. The first-order chi connectivity index (χ1) is 8.00. The van der Waals surface area contributed by atoms with E-state index < -0.39 is 5.97 Å². The number of aromatic hydroxyl groups is 1. The number of hydrogen-bond acceptors (Lipinski definition) is 3. The van der Waals surface area contributed by atoms with E-state index in [2.05, 4.69) is 0 Å². The molecule has 0 aromatic heterocycles. The minimum Gasteiger partial charge on any atom is -0.508 e. The van der Waals surface area contributed by atoms with Crippen LogP contribution >= 0.6 is 0 Å². The molecule has 0 aliphatic heterocycles. The van der Waals surface area contributed by atoms with Gasteiger partial charge in [0, 0.05) is 18.4 Å². The van der Waals surface area contributed by atoms with Gasteiger partial charge in [0.25, 0.3) is 0 Å². The number of carboxylic acid groups (broad SMARTS) is 1. The van der Waals surface area contributed by atoms with Crippen LogP contribution in [0.3, 0.4) is 0 Å². The molecular formula is C13H16O4. The molecule has 0 saturated heterocycles. The van der Waals surface area contributed by atoms with E-state index in [0.717, 1.165) is 5.56 Å². The highest BCUT2D eigenvalue weighted by atomic mass is 16.4. The van der Waals surface area contributed by atoms with Crippen LogP contribution in [0.15, 0.2) is 18.2 Å². The highest BCUT2D eigenvalue weighted by molar-refractivity contribution is 5.96. The molecule has 0 aliphatic rings. The van der Waals surface area contributed by atoms with Crippen molar-refractivity contribution in [3.63, 3.8) is 0 Å². The van der Waals surface area contributed by atoms with Crippen LogP contribution in [0.2, 0.25) is 0 Å². The van der Waals surface area contributed by atoms with Crippen LogP contribution < -0.4 is 0 Å². The minimum atomic E-state index is -0.842. The van der Waals surface area contributed by atoms with Crippen LogP contribution in [0, 0.1) is 6.92 Å². The smallest absolute Gasteiger partial charge is 0.303 e. The second kappa shape index (κ2) is 6.03. The Morgan fingerprint density at radius 1 is 1.18 bits per heavy atom. The molecule has 92 valence electrons. The number of aryl methyl sites for hydroxylation is 1. The van der Waals surface area contributed by atoms with E-state index in [1.165, 1.54) is 6.07 Å². The predicted octanol–water partition coefficient (Wildman–Crippen LogP) is 2.53. The summed E-state index contributed by atoms with van der Waals surface area (Å²) < 4.78 is 0. The van der Waals surface area contributed by atoms with Crippen molar-refractivity contribution in [2.24, 2.45) is 0 Å². The van der Waals surface area contributed by atoms with Gasteiger partial charge in [-0.3, -0.25) is 9.59 Å². The maximum atomic E-state index is 11.7. The number of carbonyl (C=O) groups excluding carboxylic acids is 1. The van der Waals surface area contributed by atoms with Crippen molar-refractivity contribution in [3.8, 4) is 5.75 Å². The zero-order valence-electron chi connectivity index (χ0n) is 9.77. The molecule has 4 heteroatoms. The third-order valence-electron chi connectivity index (χ3n) is 2.58. The van der Waals surface area contributed by atoms with Gasteiger partial charge in [-0.1, -0.05) is 12.1 Å². The summed E-state index contributed by atoms with van der Waals surface area (Å²) in [6, 6.07) is 4.82. The number of carboxylic acids is 1. The molecular weight excluding hydrogens is 220 g/mol. The SMILES string of the molecule is Cc1ccc(C(=O)CCCCC(=O)O)cc1O. The van der Waals surface area contributed by atoms with Crippen LogP contribution in [0.4, 0.5) is 0 Å². The largest absolute Gasteiger partial charge is 0.508 e. The van der Waals surface area contributed by atoms with Crippen molar-refractivity contribution in [2.75, 3.05) is 0 Å². The molecule has 1 aromatic rings. The molecule has 0 bridgehead atoms. The average Bonchev–Trinajstić information content (AvgIpc) is 2.27. The van der Waals surface area contributed by atoms with Crippen molar-refractivity contribution >= 4 is 11.8 Å². The fraction of sp³-hybridized carbons (Fsp3) is 0.385. The molecule has 0 amide bonds. The maximum Gasteiger partial charge on any atom is 0.303 e. The van der Waals surface area contributed by atoms with Gasteiger partial charge < -0.3 is 10.2 Å². The topological polar surface area (TPSA) is 74.6 Å². The van der Waals surface area contributed by atoms with Crippen molar-refractivity contribution in [2.45, 2.75) is 32.6 Å². The fourth-order valence-corrected chi connectivity index (χ4v) is 1.49. The lowest BCUT2D eigenvalue weighted by molar-refractivity contribution is -0.137. The van der Waals surface area contributed by atoms with Crippen LogP contribution in [-0.2, 0) is 4.79 Å². The lowest BCUT2D eigenvalue weighted by atomic mass is 10.0. The van der Waals surface area contributed by atoms with Crippen molar-refractivity contribution in [3.05, 3.63) is 29.3 Å². The molecule has 0 unspecified atom stereocenters. The first-order valence-electron chi connectivity index (χ1n) is 5.55. The number of unbranched alkanes of at least 4 members (excludes halogenated alkanes) is 1. The summed E-state index contributed by atoms with van der Waals surface area (Å²) in [6.07, 6.45) is 1.46. The zero-order valence-corrected chi connectivity index (χ0v) is 9.77. The molecule has 0 fully saturated rings. The highest BCUT2D eigenvalue weighted by Crippen LogP contribution is 2.19. The quantitative estimate of drug-likeness (QED) is 0.588. The monoisotopic (exact) mass is 236 g/mol. The Kier molecular flexibility index (Phi) is 4.69. The molecule has 0 atom stereocenters. The number of benzene rings is 1. The van der Waals surface area contributed by atoms with Gasteiger partial charge in [0.1, 0.15) is 5.75 Å². The van der Waals surface area contributed by atoms with Gasteiger partial charge in [-0.05, 0) is 31.4 Å². The molecule has 0 heterocycles. The number of rotatable bonds is 6. The van der Waals surface area contributed by atoms with Gasteiger partial charge >= 0.3 is 5.97 Å². The fourth-order valence-electron chi connectivity index (χ4n) is 1.49. The summed E-state index contributed by atoms with van der Waals surface area (Å²) in [6.45, 7) is 1.76. The second-order valence-corrected chi connectivity index (χ2v) is 4.03. The normalized spacial score (nSPS) is 10.2. The Morgan fingerprint density at radius 3 is 2.41 bits per heavy atom. The third-order valence-corrected chi connectivity index (χ3v) is 2.58. The molecule has 0 spiro atoms. The third kappa shape index (κ3) is 4.26. The summed E-state index contributed by atoms with van der Waals surface area (Å²) in [5.74, 6) is -0.794. The van der Waals surface area contributed by atoms with Crippen molar-refractivity contribution < 1.29 is 19.8 Å². The summed E-state index contributed by atoms with van der Waals surface area (Å²) in [5, 5.41) is 17.9. The van der Waals surface area contributed by atoms with Crippen LogP contribution in [-0.4, -0.2) is 22.0 Å². The number of phenolic OH excluding ortho intramolecular Hbond substituents is 1. The average molecular weight is 236 g/mol. The molecule has 2 N–H and O–H groups in total. The Hall–Kier alpha value is -1.84. The summed E-state index contributed by atoms with van der Waals surface area (Å²) >= 11 is 0. The van der Waals surface area contributed by atoms with Gasteiger partial charge in [0.15, 0.2) is 5.78 Å². The lowest BCUT2D eigenvalue weighted by Crippen LogP contribution is -2.00. The first-order valence-corrected chi connectivity index (χ1v) is 5.55. The van der Waals surface area contributed by atoms with Crippen LogP contribution in [0.25, 0.3) is 0 Å². The number of carbonyl (C=O) groups is 2. The molecule has 1 rings (SSSR count). The molecule has 17 heavy (non-hydrogen) atoms. The van der Waals surface area contributed by atoms with Gasteiger partial charge in [0.05, 0.1) is 0 Å². The van der Waals surface area contributed by atoms with E-state index in [9.17, 15) is 14.7 Å². The number of aliphatic carboxylic acids is 1. The van der Waals surface area contributed by atoms with E-state index in [4.69, 9.17) is 5.11 Å². The molecule has 0 radical (unpaired) electrons. The van der Waals surface area contributed by atoms with E-state index in [1.54, 1.807) is 19.1 Å². The predicted molar refractivity (Wildman–Crippen MR) is 63.3 cm³/mol. The van der Waals surface area contributed by atoms with Crippen LogP contribution in [0.1, 0.15) is 41.6 Å². The van der Waals surface area contributed by atoms with Gasteiger partial charge in [0.2, 0.25) is 0 Å². The van der Waals surface area contributed by atoms with Gasteiger partial charge in [-0.15, -0.1) is 0 Å². The zero-order chi connectivity index (χ0) is 12.8.